The molecule has 2 heterocycles. The molecule has 13 heteroatoms. The maximum atomic E-state index is 14.3. The van der Waals surface area contributed by atoms with E-state index in [1.54, 1.807) is 0 Å². The summed E-state index contributed by atoms with van der Waals surface area (Å²) in [5.74, 6) is -3.48. The smallest absolute Gasteiger partial charge is 0.452 e. The van der Waals surface area contributed by atoms with E-state index in [0.717, 1.165) is 12.1 Å². The summed E-state index contributed by atoms with van der Waals surface area (Å²) in [4.78, 5) is 12.1. The summed E-state index contributed by atoms with van der Waals surface area (Å²) in [6, 6.07) is 8.46. The summed E-state index contributed by atoms with van der Waals surface area (Å²) in [6.45, 7) is 1.44. The van der Waals surface area contributed by atoms with Crippen molar-refractivity contribution in [2.45, 2.75) is 34.7 Å². The van der Waals surface area contributed by atoms with Crippen LogP contribution in [-0.2, 0) is 26.4 Å². The van der Waals surface area contributed by atoms with Gasteiger partial charge in [-0.3, -0.25) is 4.79 Å². The van der Waals surface area contributed by atoms with E-state index in [9.17, 15) is 35.9 Å². The van der Waals surface area contributed by atoms with Gasteiger partial charge in [0, 0.05) is 11.5 Å². The van der Waals surface area contributed by atoms with Crippen LogP contribution >= 0.6 is 11.3 Å². The molecule has 1 aliphatic carbocycles. The number of carboxylic acids is 1. The number of thiophene rings is 1. The molecule has 1 aliphatic rings. The van der Waals surface area contributed by atoms with E-state index in [2.05, 4.69) is 14.4 Å². The number of sulfonamides is 1. The molecule has 0 spiro atoms. The molecule has 7 nitrogen and oxygen atoms in total. The van der Waals surface area contributed by atoms with Crippen LogP contribution < -0.4 is 4.72 Å². The van der Waals surface area contributed by atoms with Gasteiger partial charge in [-0.2, -0.15) is 17.9 Å². The largest absolute Gasteiger partial charge is 0.480 e. The van der Waals surface area contributed by atoms with Crippen molar-refractivity contribution in [1.29, 1.82) is 0 Å². The fourth-order valence-electron chi connectivity index (χ4n) is 3.63. The highest BCUT2D eigenvalue weighted by Gasteiger charge is 2.73. The molecule has 0 aliphatic heterocycles. The Balaban J connectivity index is 1.64. The van der Waals surface area contributed by atoms with E-state index < -0.39 is 44.7 Å². The second kappa shape index (κ2) is 7.12. The SMILES string of the molecule is C[C@@]1(c2ccccc2F)C[C@]1(NS(=O)(=O)c1ccc(-c2cc(C(F)(F)F)on2)s1)C(=O)O. The predicted molar refractivity (Wildman–Crippen MR) is 104 cm³/mol. The fraction of sp³-hybridized carbons (Fsp3) is 0.263. The number of hydrogen-bond acceptors (Lipinski definition) is 6. The normalized spacial score (nSPS) is 23.3. The number of aromatic nitrogens is 1. The zero-order chi connectivity index (χ0) is 23.5. The number of benzene rings is 1. The van der Waals surface area contributed by atoms with Gasteiger partial charge in [-0.15, -0.1) is 11.3 Å². The van der Waals surface area contributed by atoms with E-state index in [4.69, 9.17) is 0 Å². The van der Waals surface area contributed by atoms with Crippen molar-refractivity contribution in [2.24, 2.45) is 0 Å². The molecular formula is C19H14F4N2O5S2. The maximum Gasteiger partial charge on any atom is 0.452 e. The van der Waals surface area contributed by atoms with Crippen LogP contribution in [0.3, 0.4) is 0 Å². The van der Waals surface area contributed by atoms with Crippen LogP contribution in [0.25, 0.3) is 10.6 Å². The number of rotatable bonds is 6. The number of nitrogens with one attached hydrogen (secondary N) is 1. The van der Waals surface area contributed by atoms with Crippen molar-refractivity contribution in [3.63, 3.8) is 0 Å². The van der Waals surface area contributed by atoms with E-state index >= 15 is 0 Å². The third kappa shape index (κ3) is 3.49. The summed E-state index contributed by atoms with van der Waals surface area (Å²) in [6.07, 6.45) is -4.94. The Bertz CT molecular complexity index is 1320. The fourth-order valence-corrected chi connectivity index (χ4v) is 6.34. The highest BCUT2D eigenvalue weighted by atomic mass is 32.2. The number of carbonyl (C=O) groups is 1. The van der Waals surface area contributed by atoms with E-state index in [0.29, 0.717) is 17.4 Å². The number of nitrogens with zero attached hydrogens (tertiary/aromatic N) is 1. The lowest BCUT2D eigenvalue weighted by Crippen LogP contribution is -2.48. The van der Waals surface area contributed by atoms with Gasteiger partial charge in [-0.05, 0) is 30.2 Å². The Morgan fingerprint density at radius 1 is 1.25 bits per heavy atom. The number of hydrogen-bond donors (Lipinski definition) is 2. The average molecular weight is 490 g/mol. The zero-order valence-electron chi connectivity index (χ0n) is 16.1. The van der Waals surface area contributed by atoms with Gasteiger partial charge in [-0.1, -0.05) is 30.3 Å². The molecule has 0 bridgehead atoms. The molecule has 2 aromatic heterocycles. The molecule has 4 rings (SSSR count). The van der Waals surface area contributed by atoms with Crippen LogP contribution in [0.1, 0.15) is 24.7 Å². The van der Waals surface area contributed by atoms with Gasteiger partial charge >= 0.3 is 12.1 Å². The van der Waals surface area contributed by atoms with E-state index in [1.807, 2.05) is 0 Å². The first-order chi connectivity index (χ1) is 14.8. The van der Waals surface area contributed by atoms with E-state index in [1.165, 1.54) is 31.2 Å². The van der Waals surface area contributed by atoms with Crippen molar-refractivity contribution in [1.82, 2.24) is 9.88 Å². The average Bonchev–Trinajstić information content (AvgIpc) is 3.13. The van der Waals surface area contributed by atoms with Crippen molar-refractivity contribution >= 4 is 27.3 Å². The van der Waals surface area contributed by atoms with Gasteiger partial charge < -0.3 is 9.63 Å². The van der Waals surface area contributed by atoms with Crippen LogP contribution in [0.4, 0.5) is 17.6 Å². The van der Waals surface area contributed by atoms with Crippen LogP contribution in [0.2, 0.25) is 0 Å². The maximum absolute atomic E-state index is 14.3. The second-order valence-corrected chi connectivity index (χ2v) is 10.5. The Kier molecular flexibility index (Phi) is 4.99. The van der Waals surface area contributed by atoms with Crippen molar-refractivity contribution in [2.75, 3.05) is 0 Å². The Morgan fingerprint density at radius 2 is 1.94 bits per heavy atom. The summed E-state index contributed by atoms with van der Waals surface area (Å²) in [7, 11) is -4.42. The van der Waals surface area contributed by atoms with Gasteiger partial charge in [0.2, 0.25) is 5.76 Å². The lowest BCUT2D eigenvalue weighted by atomic mass is 9.92. The highest BCUT2D eigenvalue weighted by molar-refractivity contribution is 7.91. The monoisotopic (exact) mass is 490 g/mol. The Labute approximate surface area is 182 Å². The van der Waals surface area contributed by atoms with Crippen molar-refractivity contribution < 1.29 is 40.4 Å². The van der Waals surface area contributed by atoms with Gasteiger partial charge in [0.25, 0.3) is 10.0 Å². The molecule has 1 saturated carbocycles. The molecule has 32 heavy (non-hydrogen) atoms. The minimum Gasteiger partial charge on any atom is -0.480 e. The second-order valence-electron chi connectivity index (χ2n) is 7.50. The number of halogens is 4. The lowest BCUT2D eigenvalue weighted by Gasteiger charge is -2.21. The molecule has 3 aromatic rings. The van der Waals surface area contributed by atoms with Crippen molar-refractivity contribution in [3.8, 4) is 10.6 Å². The third-order valence-corrected chi connectivity index (χ3v) is 8.56. The minimum absolute atomic E-state index is 0.0549. The van der Waals surface area contributed by atoms with Gasteiger partial charge in [-0.25, -0.2) is 12.8 Å². The Hall–Kier alpha value is -2.77. The molecule has 0 unspecified atom stereocenters. The quantitative estimate of drug-likeness (QED) is 0.505. The number of alkyl halides is 3. The first-order valence-electron chi connectivity index (χ1n) is 8.97. The third-order valence-electron chi connectivity index (χ3n) is 5.47. The standard InChI is InChI=1S/C19H14F4N2O5S2/c1-17(10-4-2-3-5-11(10)20)9-18(17,16(26)27)25-32(28,29)15-7-6-13(31-15)12-8-14(30-24-12)19(21,22)23/h2-8,25H,9H2,1H3,(H,26,27)/t17-,18-/m0/s1. The van der Waals surface area contributed by atoms with Gasteiger partial charge in [0.1, 0.15) is 21.3 Å². The first-order valence-corrected chi connectivity index (χ1v) is 11.3. The molecule has 0 radical (unpaired) electrons. The molecule has 0 amide bonds. The summed E-state index contributed by atoms with van der Waals surface area (Å²) < 4.78 is 84.3. The summed E-state index contributed by atoms with van der Waals surface area (Å²) >= 11 is 0.589. The van der Waals surface area contributed by atoms with Crippen LogP contribution in [-0.4, -0.2) is 30.2 Å². The van der Waals surface area contributed by atoms with Crippen LogP contribution in [0.15, 0.2) is 51.2 Å². The number of carboxylic acid groups (broad SMARTS) is 1. The highest BCUT2D eigenvalue weighted by Crippen LogP contribution is 2.58. The van der Waals surface area contributed by atoms with Crippen LogP contribution in [0.5, 0.6) is 0 Å². The lowest BCUT2D eigenvalue weighted by molar-refractivity contribution is -0.155. The van der Waals surface area contributed by atoms with Crippen LogP contribution in [0, 0.1) is 5.82 Å². The molecule has 1 aromatic carbocycles. The van der Waals surface area contributed by atoms with Gasteiger partial charge in [0.05, 0.1) is 4.88 Å². The predicted octanol–water partition coefficient (Wildman–Crippen LogP) is 4.02. The topological polar surface area (TPSA) is 110 Å². The van der Waals surface area contributed by atoms with E-state index in [-0.39, 0.29) is 26.8 Å². The summed E-state index contributed by atoms with van der Waals surface area (Å²) in [5.41, 5.74) is -3.50. The molecular weight excluding hydrogens is 476 g/mol. The molecule has 2 atom stereocenters. The van der Waals surface area contributed by atoms with Gasteiger partial charge in [0.15, 0.2) is 0 Å². The molecule has 1 fully saturated rings. The summed E-state index contributed by atoms with van der Waals surface area (Å²) in [5, 5.41) is 13.1. The van der Waals surface area contributed by atoms with Crippen molar-refractivity contribution in [3.05, 3.63) is 59.6 Å². The molecule has 2 N–H and O–H groups in total. The molecule has 0 saturated heterocycles. The Morgan fingerprint density at radius 3 is 2.53 bits per heavy atom. The minimum atomic E-state index is -4.75. The molecule has 170 valence electrons. The first kappa shape index (κ1) is 22.4. The zero-order valence-corrected chi connectivity index (χ0v) is 17.7. The number of aliphatic carboxylic acids is 1.